The number of rotatable bonds is 1. The van der Waals surface area contributed by atoms with E-state index in [2.05, 4.69) is 0 Å². The number of nitrogens with two attached hydrogens (primary N) is 1. The average molecular weight is 244 g/mol. The Morgan fingerprint density at radius 1 is 1.17 bits per heavy atom. The van der Waals surface area contributed by atoms with Gasteiger partial charge in [0.15, 0.2) is 0 Å². The van der Waals surface area contributed by atoms with E-state index < -0.39 is 0 Å². The van der Waals surface area contributed by atoms with Crippen LogP contribution in [0.4, 0.5) is 0 Å². The van der Waals surface area contributed by atoms with Crippen LogP contribution in [-0.4, -0.2) is 28.8 Å². The van der Waals surface area contributed by atoms with E-state index >= 15 is 0 Å². The number of benzene rings is 1. The summed E-state index contributed by atoms with van der Waals surface area (Å²) in [6.45, 7) is 4.02. The number of carbonyl (C=O) groups excluding carboxylic acids is 2. The molecule has 94 valence electrons. The van der Waals surface area contributed by atoms with Crippen molar-refractivity contribution in [2.75, 3.05) is 0 Å². The van der Waals surface area contributed by atoms with Crippen LogP contribution in [0.2, 0.25) is 0 Å². The molecule has 0 radical (unpaired) electrons. The second-order valence-electron chi connectivity index (χ2n) is 5.71. The van der Waals surface area contributed by atoms with E-state index in [-0.39, 0.29) is 29.3 Å². The Bertz CT molecular complexity index is 515. The van der Waals surface area contributed by atoms with E-state index in [1.165, 1.54) is 4.90 Å². The number of fused-ring (bicyclic) bond motifs is 1. The van der Waals surface area contributed by atoms with Crippen LogP contribution in [-0.2, 0) is 0 Å². The number of imide groups is 1. The van der Waals surface area contributed by atoms with Crippen LogP contribution in [0, 0.1) is 5.41 Å². The summed E-state index contributed by atoms with van der Waals surface area (Å²) >= 11 is 0. The highest BCUT2D eigenvalue weighted by atomic mass is 16.2. The molecule has 2 aliphatic rings. The lowest BCUT2D eigenvalue weighted by molar-refractivity contribution is -0.00395. The van der Waals surface area contributed by atoms with E-state index in [0.29, 0.717) is 17.5 Å². The van der Waals surface area contributed by atoms with Gasteiger partial charge in [-0.2, -0.15) is 0 Å². The summed E-state index contributed by atoms with van der Waals surface area (Å²) in [5.41, 5.74) is 6.79. The minimum atomic E-state index is -0.201. The number of amides is 2. The maximum Gasteiger partial charge on any atom is 0.261 e. The molecule has 0 bridgehead atoms. The van der Waals surface area contributed by atoms with Crippen molar-refractivity contribution in [1.29, 1.82) is 0 Å². The number of hydrogen-bond donors (Lipinski definition) is 1. The Morgan fingerprint density at radius 3 is 2.06 bits per heavy atom. The molecule has 1 saturated carbocycles. The minimum Gasteiger partial charge on any atom is -0.327 e. The fraction of sp³-hybridized carbons (Fsp3) is 0.429. The molecule has 0 spiro atoms. The molecule has 3 rings (SSSR count). The Labute approximate surface area is 106 Å². The van der Waals surface area contributed by atoms with Crippen molar-refractivity contribution in [1.82, 2.24) is 4.90 Å². The first-order valence-corrected chi connectivity index (χ1v) is 6.17. The number of carbonyl (C=O) groups is 2. The zero-order chi connectivity index (χ0) is 13.1. The van der Waals surface area contributed by atoms with Gasteiger partial charge in [0.2, 0.25) is 0 Å². The molecule has 2 atom stereocenters. The summed E-state index contributed by atoms with van der Waals surface area (Å²) in [7, 11) is 0. The van der Waals surface area contributed by atoms with Crippen LogP contribution in [0.1, 0.15) is 41.0 Å². The largest absolute Gasteiger partial charge is 0.327 e. The summed E-state index contributed by atoms with van der Waals surface area (Å²) in [5, 5.41) is 0. The first kappa shape index (κ1) is 11.4. The number of hydrogen-bond acceptors (Lipinski definition) is 3. The molecular formula is C14H16N2O2. The van der Waals surface area contributed by atoms with Crippen molar-refractivity contribution < 1.29 is 9.59 Å². The molecule has 2 N–H and O–H groups in total. The first-order valence-electron chi connectivity index (χ1n) is 6.17. The van der Waals surface area contributed by atoms with Crippen LogP contribution >= 0.6 is 0 Å². The van der Waals surface area contributed by atoms with Crippen molar-refractivity contribution in [3.05, 3.63) is 35.4 Å². The van der Waals surface area contributed by atoms with Gasteiger partial charge >= 0.3 is 0 Å². The Kier molecular flexibility index (Phi) is 2.17. The molecule has 0 aromatic heterocycles. The van der Waals surface area contributed by atoms with Gasteiger partial charge in [0, 0.05) is 17.5 Å². The van der Waals surface area contributed by atoms with Crippen LogP contribution < -0.4 is 5.73 Å². The molecule has 1 heterocycles. The van der Waals surface area contributed by atoms with Gasteiger partial charge in [0.25, 0.3) is 11.8 Å². The van der Waals surface area contributed by atoms with Crippen molar-refractivity contribution in [3.63, 3.8) is 0 Å². The predicted molar refractivity (Wildman–Crippen MR) is 67.1 cm³/mol. The van der Waals surface area contributed by atoms with Crippen molar-refractivity contribution >= 4 is 11.8 Å². The third kappa shape index (κ3) is 1.24. The van der Waals surface area contributed by atoms with E-state index in [1.807, 2.05) is 13.8 Å². The molecule has 1 aromatic rings. The molecule has 18 heavy (non-hydrogen) atoms. The lowest BCUT2D eigenvalue weighted by atomic mass is 9.62. The maximum atomic E-state index is 12.3. The summed E-state index contributed by atoms with van der Waals surface area (Å²) in [6.07, 6.45) is 0.693. The standard InChI is InChI=1S/C14H16N2O2/c1-14(2)10(15)7-11(14)16-12(17)8-5-3-4-6-9(8)13(16)18/h3-6,10-11H,7,15H2,1-2H3. The quantitative estimate of drug-likeness (QED) is 0.760. The van der Waals surface area contributed by atoms with Crippen molar-refractivity contribution in [2.45, 2.75) is 32.4 Å². The molecule has 2 amide bonds. The monoisotopic (exact) mass is 244 g/mol. The third-order valence-electron chi connectivity index (χ3n) is 4.43. The summed E-state index contributed by atoms with van der Waals surface area (Å²) < 4.78 is 0. The molecule has 1 fully saturated rings. The van der Waals surface area contributed by atoms with Gasteiger partial charge in [0.05, 0.1) is 11.1 Å². The fourth-order valence-corrected chi connectivity index (χ4v) is 2.86. The second kappa shape index (κ2) is 3.42. The van der Waals surface area contributed by atoms with Crippen LogP contribution in [0.15, 0.2) is 24.3 Å². The molecule has 1 aliphatic carbocycles. The van der Waals surface area contributed by atoms with Gasteiger partial charge in [-0.15, -0.1) is 0 Å². The maximum absolute atomic E-state index is 12.3. The summed E-state index contributed by atoms with van der Waals surface area (Å²) in [5.74, 6) is -0.360. The highest BCUT2D eigenvalue weighted by Crippen LogP contribution is 2.45. The molecule has 2 unspecified atom stereocenters. The zero-order valence-electron chi connectivity index (χ0n) is 10.5. The van der Waals surface area contributed by atoms with Gasteiger partial charge in [-0.1, -0.05) is 26.0 Å². The average Bonchev–Trinajstić information content (AvgIpc) is 2.60. The molecule has 1 aromatic carbocycles. The highest BCUT2D eigenvalue weighted by Gasteiger charge is 2.54. The van der Waals surface area contributed by atoms with Gasteiger partial charge in [-0.25, -0.2) is 0 Å². The van der Waals surface area contributed by atoms with Gasteiger partial charge in [-0.3, -0.25) is 14.5 Å². The minimum absolute atomic E-state index is 0.0480. The Hall–Kier alpha value is -1.68. The molecule has 1 aliphatic heterocycles. The van der Waals surface area contributed by atoms with E-state index in [9.17, 15) is 9.59 Å². The van der Waals surface area contributed by atoms with Gasteiger partial charge in [0.1, 0.15) is 0 Å². The Morgan fingerprint density at radius 2 is 1.67 bits per heavy atom. The van der Waals surface area contributed by atoms with Gasteiger partial charge < -0.3 is 5.73 Å². The van der Waals surface area contributed by atoms with E-state index in [4.69, 9.17) is 5.73 Å². The third-order valence-corrected chi connectivity index (χ3v) is 4.43. The molecule has 4 heteroatoms. The van der Waals surface area contributed by atoms with E-state index in [0.717, 1.165) is 0 Å². The predicted octanol–water partition coefficient (Wildman–Crippen LogP) is 1.41. The summed E-state index contributed by atoms with van der Waals surface area (Å²) in [4.78, 5) is 26.0. The van der Waals surface area contributed by atoms with Crippen LogP contribution in [0.5, 0.6) is 0 Å². The topological polar surface area (TPSA) is 63.4 Å². The van der Waals surface area contributed by atoms with E-state index in [1.54, 1.807) is 24.3 Å². The normalized spacial score (nSPS) is 29.2. The summed E-state index contributed by atoms with van der Waals surface area (Å²) in [6, 6.07) is 6.95. The van der Waals surface area contributed by atoms with Crippen molar-refractivity contribution in [3.8, 4) is 0 Å². The van der Waals surface area contributed by atoms with Crippen LogP contribution in [0.3, 0.4) is 0 Å². The first-order chi connectivity index (χ1) is 8.44. The smallest absolute Gasteiger partial charge is 0.261 e. The molecular weight excluding hydrogens is 228 g/mol. The fourth-order valence-electron chi connectivity index (χ4n) is 2.86. The lowest BCUT2D eigenvalue weighted by Gasteiger charge is -2.53. The Balaban J connectivity index is 1.99. The lowest BCUT2D eigenvalue weighted by Crippen LogP contribution is -2.65. The molecule has 4 nitrogen and oxygen atoms in total. The SMILES string of the molecule is CC1(C)C(N)CC1N1C(=O)c2ccccc2C1=O. The zero-order valence-corrected chi connectivity index (χ0v) is 10.5. The van der Waals surface area contributed by atoms with Gasteiger partial charge in [-0.05, 0) is 18.6 Å². The highest BCUT2D eigenvalue weighted by molar-refractivity contribution is 6.21. The number of nitrogens with zero attached hydrogens (tertiary/aromatic N) is 1. The second-order valence-corrected chi connectivity index (χ2v) is 5.71. The van der Waals surface area contributed by atoms with Crippen LogP contribution in [0.25, 0.3) is 0 Å². The van der Waals surface area contributed by atoms with Crippen molar-refractivity contribution in [2.24, 2.45) is 11.1 Å². The molecule has 0 saturated heterocycles.